The Morgan fingerprint density at radius 2 is 1.76 bits per heavy atom. The van der Waals surface area contributed by atoms with E-state index in [1.54, 1.807) is 5.57 Å². The predicted molar refractivity (Wildman–Crippen MR) is 248 cm³/mol. The second-order valence-electron chi connectivity index (χ2n) is 18.7. The summed E-state index contributed by atoms with van der Waals surface area (Å²) in [6.07, 6.45) is 40.0. The van der Waals surface area contributed by atoms with Gasteiger partial charge in [-0.2, -0.15) is 15.8 Å². The molecule has 11 rings (SSSR count). The van der Waals surface area contributed by atoms with Crippen molar-refractivity contribution in [3.8, 4) is 18.2 Å². The van der Waals surface area contributed by atoms with Crippen molar-refractivity contribution in [2.45, 2.75) is 101 Å². The number of fused-ring (bicyclic) bond motifs is 6. The Balaban J connectivity index is 1.05. The Kier molecular flexibility index (Phi) is 10.0. The van der Waals surface area contributed by atoms with Crippen molar-refractivity contribution < 1.29 is 0 Å². The van der Waals surface area contributed by atoms with Gasteiger partial charge in [-0.1, -0.05) is 90.9 Å². The summed E-state index contributed by atoms with van der Waals surface area (Å²) in [5, 5.41) is 34.1. The number of aliphatic imine (C=N–C) groups is 1. The molecule has 0 radical (unpaired) electrons. The number of hydrogen-bond acceptors (Lipinski definition) is 6. The molecule has 1 saturated carbocycles. The highest BCUT2D eigenvalue weighted by atomic mass is 15.4. The molecule has 1 fully saturated rings. The van der Waals surface area contributed by atoms with E-state index in [1.165, 1.54) is 39.9 Å². The van der Waals surface area contributed by atoms with Gasteiger partial charge in [0.25, 0.3) is 0 Å². The maximum absolute atomic E-state index is 10.1. The summed E-state index contributed by atoms with van der Waals surface area (Å²) in [4.78, 5) is 7.64. The summed E-state index contributed by atoms with van der Waals surface area (Å²) in [5.74, 6) is 3.68. The van der Waals surface area contributed by atoms with Crippen molar-refractivity contribution in [2.24, 2.45) is 34.6 Å². The van der Waals surface area contributed by atoms with Gasteiger partial charge >= 0.3 is 0 Å². The van der Waals surface area contributed by atoms with Gasteiger partial charge in [-0.3, -0.25) is 4.57 Å². The van der Waals surface area contributed by atoms with E-state index < -0.39 is 0 Å². The van der Waals surface area contributed by atoms with Crippen molar-refractivity contribution in [3.05, 3.63) is 148 Å². The van der Waals surface area contributed by atoms with Gasteiger partial charge in [-0.05, 0) is 135 Å². The van der Waals surface area contributed by atoms with Gasteiger partial charge in [0, 0.05) is 52.4 Å². The van der Waals surface area contributed by atoms with Crippen LogP contribution >= 0.6 is 0 Å². The SMILES string of the molecule is N#Cc1ccc2c(c1)C1CC(C#N)C=CC1N2C1C=C(c2ccccc2C2CCCC=C2C2C=CC=CC2C2CCCC(C#N)C2)C=C(n2c3c(c4c2N=CCC4)C=CCC3)N1. The molecule has 7 nitrogen and oxygen atoms in total. The highest BCUT2D eigenvalue weighted by Crippen LogP contribution is 2.51. The van der Waals surface area contributed by atoms with Crippen molar-refractivity contribution in [1.82, 2.24) is 9.88 Å². The number of rotatable bonds is 6. The van der Waals surface area contributed by atoms with Crippen LogP contribution in [0.25, 0.3) is 17.5 Å². The summed E-state index contributed by atoms with van der Waals surface area (Å²) in [7, 11) is 0. The zero-order chi connectivity index (χ0) is 41.7. The fourth-order valence-electron chi connectivity index (χ4n) is 12.6. The standard InChI is InChI=1S/C55H53N7/c56-32-35-11-9-12-38(27-35)40-13-1-3-15-42(40)44-17-5-6-18-45(44)43-16-4-2-14-41(43)39-30-53(60-54(31-39)62-50-21-8-7-19-46(50)47-20-10-26-59-55(47)62)61-51-24-22-36(33-57)28-48(51)49-29-37(34-58)23-25-52(49)61/h1-4,7,13-17,19,22-26,28,30-31,35,37-38,40,42,45,49,52-53,60H,5-6,8-12,18,20-21,27,29H2. The molecule has 9 atom stereocenters. The summed E-state index contributed by atoms with van der Waals surface area (Å²) in [6.45, 7) is 0. The molecule has 7 heteroatoms. The van der Waals surface area contributed by atoms with Crippen LogP contribution in [0.4, 0.5) is 11.5 Å². The summed E-state index contributed by atoms with van der Waals surface area (Å²) in [5.41, 5.74) is 12.3. The fourth-order valence-corrected chi connectivity index (χ4v) is 12.6. The second-order valence-corrected chi connectivity index (χ2v) is 18.7. The van der Waals surface area contributed by atoms with Gasteiger partial charge in [-0.15, -0.1) is 0 Å². The maximum Gasteiger partial charge on any atom is 0.141 e. The van der Waals surface area contributed by atoms with E-state index >= 15 is 0 Å². The molecule has 62 heavy (non-hydrogen) atoms. The monoisotopic (exact) mass is 811 g/mol. The van der Waals surface area contributed by atoms with E-state index in [-0.39, 0.29) is 35.9 Å². The van der Waals surface area contributed by atoms with E-state index in [0.717, 1.165) is 93.5 Å². The van der Waals surface area contributed by atoms with Gasteiger partial charge in [0.1, 0.15) is 17.8 Å². The lowest BCUT2D eigenvalue weighted by molar-refractivity contribution is 0.223. The molecule has 1 N–H and O–H groups in total. The number of nitrogens with one attached hydrogen (secondary N) is 1. The first kappa shape index (κ1) is 38.6. The average molecular weight is 812 g/mol. The number of benzene rings is 2. The second kappa shape index (κ2) is 16.2. The van der Waals surface area contributed by atoms with E-state index in [2.05, 4.69) is 142 Å². The minimum atomic E-state index is -0.222. The minimum absolute atomic E-state index is 0.0259. The highest BCUT2D eigenvalue weighted by molar-refractivity contribution is 5.87. The van der Waals surface area contributed by atoms with Gasteiger partial charge < -0.3 is 10.2 Å². The third-order valence-corrected chi connectivity index (χ3v) is 15.3. The van der Waals surface area contributed by atoms with E-state index in [0.29, 0.717) is 23.3 Å². The van der Waals surface area contributed by atoms with Crippen LogP contribution in [0.5, 0.6) is 0 Å². The molecule has 0 amide bonds. The summed E-state index contributed by atoms with van der Waals surface area (Å²) in [6, 6.07) is 22.9. The minimum Gasteiger partial charge on any atom is -0.348 e. The number of allylic oxidation sites excluding steroid dienone is 10. The zero-order valence-electron chi connectivity index (χ0n) is 35.3. The van der Waals surface area contributed by atoms with Gasteiger partial charge in [-0.25, -0.2) is 4.99 Å². The van der Waals surface area contributed by atoms with Crippen LogP contribution in [0.15, 0.2) is 114 Å². The first-order chi connectivity index (χ1) is 30.6. The molecular weight excluding hydrogens is 759 g/mol. The molecule has 5 aliphatic carbocycles. The summed E-state index contributed by atoms with van der Waals surface area (Å²) < 4.78 is 2.43. The maximum atomic E-state index is 10.1. The molecular formula is C55H53N7. The number of nitriles is 3. The number of aromatic nitrogens is 1. The lowest BCUT2D eigenvalue weighted by Crippen LogP contribution is -2.50. The Morgan fingerprint density at radius 3 is 2.66 bits per heavy atom. The molecule has 4 heterocycles. The van der Waals surface area contributed by atoms with E-state index in [4.69, 9.17) is 4.99 Å². The number of dihydropyridines is 1. The van der Waals surface area contributed by atoms with Gasteiger partial charge in [0.2, 0.25) is 0 Å². The van der Waals surface area contributed by atoms with Crippen molar-refractivity contribution in [3.63, 3.8) is 0 Å². The predicted octanol–water partition coefficient (Wildman–Crippen LogP) is 11.7. The normalized spacial score (nSPS) is 30.3. The third-order valence-electron chi connectivity index (χ3n) is 15.3. The Bertz CT molecular complexity index is 2690. The summed E-state index contributed by atoms with van der Waals surface area (Å²) >= 11 is 0. The highest BCUT2D eigenvalue weighted by Gasteiger charge is 2.44. The lowest BCUT2D eigenvalue weighted by atomic mass is 9.64. The molecule has 3 aromatic rings. The van der Waals surface area contributed by atoms with Crippen LogP contribution in [0.3, 0.4) is 0 Å². The Labute approximate surface area is 366 Å². The smallest absolute Gasteiger partial charge is 0.141 e. The quantitative estimate of drug-likeness (QED) is 0.250. The fraction of sp³-hybridized carbons (Fsp3) is 0.382. The third kappa shape index (κ3) is 6.55. The van der Waals surface area contributed by atoms with Crippen LogP contribution < -0.4 is 10.2 Å². The lowest BCUT2D eigenvalue weighted by Gasteiger charge is -2.41. The van der Waals surface area contributed by atoms with Crippen molar-refractivity contribution >= 4 is 35.2 Å². The topological polar surface area (TPSA) is 104 Å². The molecule has 308 valence electrons. The Morgan fingerprint density at radius 1 is 0.839 bits per heavy atom. The first-order valence-electron chi connectivity index (χ1n) is 23.2. The molecule has 9 unspecified atom stereocenters. The molecule has 0 bridgehead atoms. The zero-order valence-corrected chi connectivity index (χ0v) is 35.3. The van der Waals surface area contributed by atoms with E-state index in [9.17, 15) is 15.8 Å². The molecule has 8 aliphatic rings. The molecule has 0 spiro atoms. The number of nitrogens with zero attached hydrogens (tertiary/aromatic N) is 6. The molecule has 3 aliphatic heterocycles. The largest absolute Gasteiger partial charge is 0.348 e. The van der Waals surface area contributed by atoms with Crippen LogP contribution in [-0.4, -0.2) is 23.0 Å². The number of hydrogen-bond donors (Lipinski definition) is 1. The molecule has 0 saturated heterocycles. The molecule has 1 aromatic heterocycles. The van der Waals surface area contributed by atoms with Crippen LogP contribution in [0.1, 0.15) is 115 Å². The van der Waals surface area contributed by atoms with Crippen LogP contribution in [0, 0.1) is 63.6 Å². The first-order valence-corrected chi connectivity index (χ1v) is 23.2. The Hall–Kier alpha value is -6.36. The van der Waals surface area contributed by atoms with Gasteiger partial charge in [0.15, 0.2) is 0 Å². The average Bonchev–Trinajstić information content (AvgIpc) is 3.86. The van der Waals surface area contributed by atoms with Crippen molar-refractivity contribution in [2.75, 3.05) is 4.90 Å². The van der Waals surface area contributed by atoms with Crippen molar-refractivity contribution in [1.29, 1.82) is 15.8 Å². The van der Waals surface area contributed by atoms with E-state index in [1.807, 2.05) is 6.07 Å². The van der Waals surface area contributed by atoms with Crippen LogP contribution in [-0.2, 0) is 12.8 Å². The number of anilines is 1. The van der Waals surface area contributed by atoms with Gasteiger partial charge in [0.05, 0.1) is 35.7 Å². The molecule has 2 aromatic carbocycles. The van der Waals surface area contributed by atoms with Crippen LogP contribution in [0.2, 0.25) is 0 Å².